The summed E-state index contributed by atoms with van der Waals surface area (Å²) in [6.45, 7) is 4.83. The maximum Gasteiger partial charge on any atom is 0.305 e. The van der Waals surface area contributed by atoms with Crippen molar-refractivity contribution in [2.75, 3.05) is 13.7 Å². The number of carbonyl (C=O) groups excluding carboxylic acids is 1. The van der Waals surface area contributed by atoms with Gasteiger partial charge in [0.1, 0.15) is 0 Å². The minimum absolute atomic E-state index is 0.144. The van der Waals surface area contributed by atoms with E-state index in [1.54, 1.807) is 0 Å². The van der Waals surface area contributed by atoms with Crippen LogP contribution < -0.4 is 5.32 Å². The number of benzene rings is 1. The van der Waals surface area contributed by atoms with Crippen LogP contribution in [0.1, 0.15) is 25.3 Å². The molecule has 0 bridgehead atoms. The molecule has 0 spiro atoms. The number of ether oxygens (including phenoxy) is 1. The summed E-state index contributed by atoms with van der Waals surface area (Å²) < 4.78 is 6.84. The summed E-state index contributed by atoms with van der Waals surface area (Å²) in [6.07, 6.45) is 3.35. The minimum Gasteiger partial charge on any atom is -0.469 e. The summed E-state index contributed by atoms with van der Waals surface area (Å²) in [5.74, 6) is -0.144. The number of rotatable bonds is 7. The summed E-state index contributed by atoms with van der Waals surface area (Å²) in [5.41, 5.74) is 2.52. The van der Waals surface area contributed by atoms with E-state index in [1.165, 1.54) is 23.6 Å². The first-order chi connectivity index (χ1) is 9.74. The van der Waals surface area contributed by atoms with E-state index in [-0.39, 0.29) is 5.97 Å². The van der Waals surface area contributed by atoms with E-state index in [2.05, 4.69) is 52.0 Å². The summed E-state index contributed by atoms with van der Waals surface area (Å²) in [5, 5.41) is 4.58. The third-order valence-corrected chi connectivity index (χ3v) is 3.42. The van der Waals surface area contributed by atoms with Crippen molar-refractivity contribution >= 4 is 16.9 Å². The van der Waals surface area contributed by atoms with Gasteiger partial charge in [-0.15, -0.1) is 0 Å². The molecule has 108 valence electrons. The lowest BCUT2D eigenvalue weighted by Gasteiger charge is -2.06. The van der Waals surface area contributed by atoms with Gasteiger partial charge in [-0.3, -0.25) is 4.79 Å². The average Bonchev–Trinajstić information content (AvgIpc) is 2.87. The fourth-order valence-corrected chi connectivity index (χ4v) is 2.32. The average molecular weight is 274 g/mol. The number of hydrogen-bond donors (Lipinski definition) is 1. The summed E-state index contributed by atoms with van der Waals surface area (Å²) in [7, 11) is 1.43. The number of nitrogens with zero attached hydrogens (tertiary/aromatic N) is 1. The second-order valence-corrected chi connectivity index (χ2v) is 4.86. The largest absolute Gasteiger partial charge is 0.469 e. The van der Waals surface area contributed by atoms with E-state index in [1.807, 2.05) is 0 Å². The molecule has 0 aliphatic heterocycles. The van der Waals surface area contributed by atoms with E-state index in [9.17, 15) is 4.79 Å². The lowest BCUT2D eigenvalue weighted by atomic mass is 10.1. The van der Waals surface area contributed by atoms with Crippen molar-refractivity contribution in [1.29, 1.82) is 0 Å². The highest BCUT2D eigenvalue weighted by Gasteiger charge is 2.04. The van der Waals surface area contributed by atoms with Gasteiger partial charge >= 0.3 is 5.97 Å². The van der Waals surface area contributed by atoms with Crippen LogP contribution in [0.4, 0.5) is 0 Å². The van der Waals surface area contributed by atoms with Crippen molar-refractivity contribution in [1.82, 2.24) is 9.88 Å². The van der Waals surface area contributed by atoms with Crippen LogP contribution in [0.2, 0.25) is 0 Å². The van der Waals surface area contributed by atoms with Gasteiger partial charge in [-0.1, -0.05) is 13.0 Å². The Balaban J connectivity index is 2.02. The SMILES string of the molecule is CCNCc1ccc2c(ccn2CCCC(=O)OC)c1. The Labute approximate surface area is 119 Å². The highest BCUT2D eigenvalue weighted by atomic mass is 16.5. The third-order valence-electron chi connectivity index (χ3n) is 3.42. The van der Waals surface area contributed by atoms with Crippen molar-refractivity contribution in [2.24, 2.45) is 0 Å². The number of methoxy groups -OCH3 is 1. The van der Waals surface area contributed by atoms with Crippen LogP contribution in [0, 0.1) is 0 Å². The maximum atomic E-state index is 11.1. The second kappa shape index (κ2) is 7.10. The Hall–Kier alpha value is -1.81. The van der Waals surface area contributed by atoms with Crippen LogP contribution in [0.25, 0.3) is 10.9 Å². The summed E-state index contributed by atoms with van der Waals surface area (Å²) in [6, 6.07) is 8.65. The molecule has 0 amide bonds. The highest BCUT2D eigenvalue weighted by Crippen LogP contribution is 2.18. The van der Waals surface area contributed by atoms with Crippen LogP contribution in [-0.2, 0) is 22.6 Å². The zero-order chi connectivity index (χ0) is 14.4. The Morgan fingerprint density at radius 1 is 1.35 bits per heavy atom. The highest BCUT2D eigenvalue weighted by molar-refractivity contribution is 5.80. The molecule has 4 nitrogen and oxygen atoms in total. The molecule has 1 aromatic heterocycles. The summed E-state index contributed by atoms with van der Waals surface area (Å²) >= 11 is 0. The topological polar surface area (TPSA) is 43.3 Å². The molecule has 0 aliphatic carbocycles. The van der Waals surface area contributed by atoms with Crippen LogP contribution in [-0.4, -0.2) is 24.2 Å². The third kappa shape index (κ3) is 3.61. The fraction of sp³-hybridized carbons (Fsp3) is 0.438. The number of nitrogens with one attached hydrogen (secondary N) is 1. The van der Waals surface area contributed by atoms with E-state index in [4.69, 9.17) is 0 Å². The number of hydrogen-bond acceptors (Lipinski definition) is 3. The fourth-order valence-electron chi connectivity index (χ4n) is 2.32. The molecule has 0 radical (unpaired) electrons. The molecule has 0 saturated carbocycles. The smallest absolute Gasteiger partial charge is 0.305 e. The first-order valence-electron chi connectivity index (χ1n) is 7.10. The normalized spacial score (nSPS) is 10.9. The minimum atomic E-state index is -0.144. The van der Waals surface area contributed by atoms with E-state index >= 15 is 0 Å². The van der Waals surface area contributed by atoms with Crippen LogP contribution in [0.5, 0.6) is 0 Å². The predicted octanol–water partition coefficient (Wildman–Crippen LogP) is 2.70. The van der Waals surface area contributed by atoms with Crippen molar-refractivity contribution < 1.29 is 9.53 Å². The number of fused-ring (bicyclic) bond motifs is 1. The Morgan fingerprint density at radius 2 is 2.20 bits per heavy atom. The molecule has 1 heterocycles. The maximum absolute atomic E-state index is 11.1. The van der Waals surface area contributed by atoms with Crippen molar-refractivity contribution in [2.45, 2.75) is 32.9 Å². The lowest BCUT2D eigenvalue weighted by Crippen LogP contribution is -2.11. The Bertz CT molecular complexity index is 575. The molecule has 20 heavy (non-hydrogen) atoms. The van der Waals surface area contributed by atoms with Gasteiger partial charge < -0.3 is 14.6 Å². The van der Waals surface area contributed by atoms with Crippen LogP contribution in [0.3, 0.4) is 0 Å². The quantitative estimate of drug-likeness (QED) is 0.789. The van der Waals surface area contributed by atoms with Crippen LogP contribution >= 0.6 is 0 Å². The number of aryl methyl sites for hydroxylation is 1. The molecule has 2 aromatic rings. The molecule has 1 aromatic carbocycles. The van der Waals surface area contributed by atoms with Gasteiger partial charge in [0.2, 0.25) is 0 Å². The molecular formula is C16H22N2O2. The standard InChI is InChI=1S/C16H22N2O2/c1-3-17-12-13-6-7-15-14(11-13)8-10-18(15)9-4-5-16(19)20-2/h6-8,10-11,17H,3-5,9,12H2,1-2H3. The summed E-state index contributed by atoms with van der Waals surface area (Å²) in [4.78, 5) is 11.1. The van der Waals surface area contributed by atoms with Gasteiger partial charge in [0.25, 0.3) is 0 Å². The van der Waals surface area contributed by atoms with E-state index < -0.39 is 0 Å². The number of carbonyl (C=O) groups is 1. The monoisotopic (exact) mass is 274 g/mol. The molecule has 0 saturated heterocycles. The molecule has 2 rings (SSSR count). The number of aromatic nitrogens is 1. The van der Waals surface area contributed by atoms with Gasteiger partial charge in [0, 0.05) is 31.2 Å². The molecular weight excluding hydrogens is 252 g/mol. The van der Waals surface area contributed by atoms with Crippen molar-refractivity contribution in [3.8, 4) is 0 Å². The Morgan fingerprint density at radius 3 is 2.95 bits per heavy atom. The van der Waals surface area contributed by atoms with Crippen molar-refractivity contribution in [3.63, 3.8) is 0 Å². The van der Waals surface area contributed by atoms with E-state index in [0.717, 1.165) is 26.1 Å². The molecule has 0 unspecified atom stereocenters. The lowest BCUT2D eigenvalue weighted by molar-refractivity contribution is -0.140. The molecule has 1 N–H and O–H groups in total. The zero-order valence-electron chi connectivity index (χ0n) is 12.2. The van der Waals surface area contributed by atoms with Gasteiger partial charge in [0.05, 0.1) is 7.11 Å². The van der Waals surface area contributed by atoms with Crippen molar-refractivity contribution in [3.05, 3.63) is 36.0 Å². The molecule has 0 atom stereocenters. The molecule has 4 heteroatoms. The van der Waals surface area contributed by atoms with Gasteiger partial charge in [0.15, 0.2) is 0 Å². The van der Waals surface area contributed by atoms with Gasteiger partial charge in [-0.2, -0.15) is 0 Å². The zero-order valence-corrected chi connectivity index (χ0v) is 12.2. The predicted molar refractivity (Wildman–Crippen MR) is 80.6 cm³/mol. The van der Waals surface area contributed by atoms with E-state index in [0.29, 0.717) is 6.42 Å². The second-order valence-electron chi connectivity index (χ2n) is 4.86. The van der Waals surface area contributed by atoms with Crippen LogP contribution in [0.15, 0.2) is 30.5 Å². The Kier molecular flexibility index (Phi) is 5.18. The first kappa shape index (κ1) is 14.6. The van der Waals surface area contributed by atoms with Gasteiger partial charge in [-0.05, 0) is 42.1 Å². The number of esters is 1. The first-order valence-corrected chi connectivity index (χ1v) is 7.10. The van der Waals surface area contributed by atoms with Gasteiger partial charge in [-0.25, -0.2) is 0 Å². The molecule has 0 aliphatic rings. The molecule has 0 fully saturated rings.